The molecule has 3 aromatic carbocycles. The molecule has 0 radical (unpaired) electrons. The van der Waals surface area contributed by atoms with E-state index in [1.165, 1.54) is 7.11 Å². The molecule has 0 aromatic heterocycles. The lowest BCUT2D eigenvalue weighted by molar-refractivity contribution is -0.136. The smallest absolute Gasteiger partial charge is 0.344 e. The minimum Gasteiger partial charge on any atom is -0.495 e. The lowest BCUT2D eigenvalue weighted by Crippen LogP contribution is -2.33. The quantitative estimate of drug-likeness (QED) is 0.170. The van der Waals surface area contributed by atoms with Crippen LogP contribution in [0.2, 0.25) is 0 Å². The fourth-order valence-corrected chi connectivity index (χ4v) is 3.26. The normalized spacial score (nSPS) is 10.8. The van der Waals surface area contributed by atoms with Gasteiger partial charge in [0, 0.05) is 10.0 Å². The van der Waals surface area contributed by atoms with E-state index in [2.05, 4.69) is 31.8 Å². The number of ether oxygens (including phenoxy) is 2. The van der Waals surface area contributed by atoms with Gasteiger partial charge < -0.3 is 14.8 Å². The van der Waals surface area contributed by atoms with Gasteiger partial charge in [0.1, 0.15) is 11.5 Å². The molecule has 0 aliphatic carbocycles. The van der Waals surface area contributed by atoms with Crippen molar-refractivity contribution in [3.63, 3.8) is 0 Å². The molecule has 0 atom stereocenters. The van der Waals surface area contributed by atoms with Crippen LogP contribution in [0, 0.1) is 0 Å². The first kappa shape index (κ1) is 23.7. The number of hydrogen-bond donors (Lipinski definition) is 2. The molecule has 33 heavy (non-hydrogen) atoms. The molecule has 9 heteroatoms. The van der Waals surface area contributed by atoms with Crippen molar-refractivity contribution in [3.05, 3.63) is 88.4 Å². The molecule has 8 nitrogen and oxygen atoms in total. The van der Waals surface area contributed by atoms with E-state index in [1.807, 2.05) is 0 Å². The zero-order valence-electron chi connectivity index (χ0n) is 17.8. The summed E-state index contributed by atoms with van der Waals surface area (Å²) < 4.78 is 11.3. The Bertz CT molecular complexity index is 1230. The van der Waals surface area contributed by atoms with E-state index in [0.29, 0.717) is 32.7 Å². The summed E-state index contributed by atoms with van der Waals surface area (Å²) in [6.45, 7) is 1.61. The van der Waals surface area contributed by atoms with Crippen LogP contribution in [0.4, 0.5) is 5.69 Å². The number of nitrogens with zero attached hydrogens (tertiary/aromatic N) is 1. The number of hydrazone groups is 1. The lowest BCUT2D eigenvalue weighted by atomic mass is 10.1. The summed E-state index contributed by atoms with van der Waals surface area (Å²) in [6.07, 6.45) is 0. The highest BCUT2D eigenvalue weighted by atomic mass is 79.9. The number of amides is 2. The third-order valence-corrected chi connectivity index (χ3v) is 5.15. The molecular formula is C24H20BrN3O5. The van der Waals surface area contributed by atoms with Crippen LogP contribution in [0.25, 0.3) is 0 Å². The van der Waals surface area contributed by atoms with Crippen LogP contribution >= 0.6 is 15.9 Å². The van der Waals surface area contributed by atoms with Gasteiger partial charge in [0.25, 0.3) is 0 Å². The fraction of sp³-hybridized carbons (Fsp3) is 0.0833. The summed E-state index contributed by atoms with van der Waals surface area (Å²) in [6, 6.07) is 20.3. The average molecular weight is 510 g/mol. The van der Waals surface area contributed by atoms with E-state index in [-0.39, 0.29) is 5.75 Å². The Morgan fingerprint density at radius 1 is 0.818 bits per heavy atom. The Morgan fingerprint density at radius 3 is 2.12 bits per heavy atom. The molecule has 0 saturated carbocycles. The van der Waals surface area contributed by atoms with Crippen LogP contribution in [-0.4, -0.2) is 30.6 Å². The molecule has 0 saturated heterocycles. The number of methoxy groups -OCH3 is 1. The molecule has 0 spiro atoms. The van der Waals surface area contributed by atoms with E-state index < -0.39 is 17.8 Å². The molecule has 0 unspecified atom stereocenters. The van der Waals surface area contributed by atoms with Gasteiger partial charge >= 0.3 is 17.8 Å². The van der Waals surface area contributed by atoms with Crippen LogP contribution in [0.15, 0.2) is 82.4 Å². The van der Waals surface area contributed by atoms with E-state index in [9.17, 15) is 14.4 Å². The van der Waals surface area contributed by atoms with Gasteiger partial charge in [0.05, 0.1) is 24.1 Å². The van der Waals surface area contributed by atoms with Crippen LogP contribution in [0.3, 0.4) is 0 Å². The Balaban J connectivity index is 1.71. The standard InChI is InChI=1S/C24H20BrN3O5/c1-15(27-28-23(30)22(29)26-19-12-6-8-14-21(19)32-2)16-9-4-7-13-20(16)33-24(31)17-10-3-5-11-18(17)25/h3-14H,1-2H3,(H,26,29)(H,28,30)/b27-15+. The van der Waals surface area contributed by atoms with Gasteiger partial charge in [-0.3, -0.25) is 9.59 Å². The van der Waals surface area contributed by atoms with E-state index in [4.69, 9.17) is 9.47 Å². The summed E-state index contributed by atoms with van der Waals surface area (Å²) in [4.78, 5) is 37.0. The number of anilines is 1. The number of carbonyl (C=O) groups excluding carboxylic acids is 3. The molecule has 0 fully saturated rings. The number of rotatable bonds is 6. The monoisotopic (exact) mass is 509 g/mol. The summed E-state index contributed by atoms with van der Waals surface area (Å²) >= 11 is 3.33. The molecular weight excluding hydrogens is 490 g/mol. The largest absolute Gasteiger partial charge is 0.495 e. The van der Waals surface area contributed by atoms with Gasteiger partial charge in [-0.15, -0.1) is 0 Å². The maximum Gasteiger partial charge on any atom is 0.344 e. The van der Waals surface area contributed by atoms with Crippen molar-refractivity contribution in [1.82, 2.24) is 5.43 Å². The van der Waals surface area contributed by atoms with Crippen LogP contribution in [-0.2, 0) is 9.59 Å². The first-order chi connectivity index (χ1) is 15.9. The van der Waals surface area contributed by atoms with Gasteiger partial charge in [-0.25, -0.2) is 10.2 Å². The highest BCUT2D eigenvalue weighted by Crippen LogP contribution is 2.24. The van der Waals surface area contributed by atoms with Crippen LogP contribution in [0.1, 0.15) is 22.8 Å². The second-order valence-electron chi connectivity index (χ2n) is 6.66. The van der Waals surface area contributed by atoms with Gasteiger partial charge in [-0.05, 0) is 59.3 Å². The molecule has 168 valence electrons. The minimum absolute atomic E-state index is 0.257. The fourth-order valence-electron chi connectivity index (χ4n) is 2.81. The third kappa shape index (κ3) is 6.05. The SMILES string of the molecule is COc1ccccc1NC(=O)C(=O)N/N=C(\C)c1ccccc1OC(=O)c1ccccc1Br. The Labute approximate surface area is 198 Å². The first-order valence-corrected chi connectivity index (χ1v) is 10.5. The number of carbonyl (C=O) groups is 3. The summed E-state index contributed by atoms with van der Waals surface area (Å²) in [5.74, 6) is -1.76. The molecule has 2 N–H and O–H groups in total. The van der Waals surface area contributed by atoms with Crippen LogP contribution < -0.4 is 20.2 Å². The predicted octanol–water partition coefficient (Wildman–Crippen LogP) is 4.16. The Hall–Kier alpha value is -3.98. The van der Waals surface area contributed by atoms with Crippen molar-refractivity contribution < 1.29 is 23.9 Å². The number of hydrogen-bond acceptors (Lipinski definition) is 6. The summed E-state index contributed by atoms with van der Waals surface area (Å²) in [5, 5.41) is 6.45. The van der Waals surface area contributed by atoms with E-state index in [1.54, 1.807) is 79.7 Å². The highest BCUT2D eigenvalue weighted by molar-refractivity contribution is 9.10. The maximum absolute atomic E-state index is 12.6. The number of esters is 1. The van der Waals surface area contributed by atoms with Crippen molar-refractivity contribution in [3.8, 4) is 11.5 Å². The number of halogens is 1. The molecule has 0 heterocycles. The summed E-state index contributed by atoms with van der Waals surface area (Å²) in [5.41, 5.74) is 3.74. The third-order valence-electron chi connectivity index (χ3n) is 4.46. The minimum atomic E-state index is -0.969. The second-order valence-corrected chi connectivity index (χ2v) is 7.51. The van der Waals surface area contributed by atoms with Crippen molar-refractivity contribution in [2.24, 2.45) is 5.10 Å². The highest BCUT2D eigenvalue weighted by Gasteiger charge is 2.17. The number of benzene rings is 3. The van der Waals surface area contributed by atoms with Gasteiger partial charge in [0.2, 0.25) is 0 Å². The zero-order valence-corrected chi connectivity index (χ0v) is 19.4. The molecule has 3 aromatic rings. The average Bonchev–Trinajstić information content (AvgIpc) is 2.83. The van der Waals surface area contributed by atoms with Crippen molar-refractivity contribution in [2.75, 3.05) is 12.4 Å². The number of nitrogens with one attached hydrogen (secondary N) is 2. The molecule has 3 rings (SSSR count). The first-order valence-electron chi connectivity index (χ1n) is 9.75. The van der Waals surface area contributed by atoms with E-state index in [0.717, 1.165) is 0 Å². The second kappa shape index (κ2) is 11.1. The molecule has 0 aliphatic rings. The summed E-state index contributed by atoms with van der Waals surface area (Å²) in [7, 11) is 1.46. The van der Waals surface area contributed by atoms with Crippen molar-refractivity contribution in [1.29, 1.82) is 0 Å². The number of para-hydroxylation sites is 3. The van der Waals surface area contributed by atoms with Gasteiger partial charge in [0.15, 0.2) is 0 Å². The Morgan fingerprint density at radius 2 is 1.42 bits per heavy atom. The van der Waals surface area contributed by atoms with Crippen molar-refractivity contribution >= 4 is 45.1 Å². The molecule has 0 aliphatic heterocycles. The van der Waals surface area contributed by atoms with Gasteiger partial charge in [-0.2, -0.15) is 5.10 Å². The lowest BCUT2D eigenvalue weighted by Gasteiger charge is -2.11. The maximum atomic E-state index is 12.6. The van der Waals surface area contributed by atoms with Gasteiger partial charge in [-0.1, -0.05) is 36.4 Å². The van der Waals surface area contributed by atoms with Crippen LogP contribution in [0.5, 0.6) is 11.5 Å². The molecule has 0 bridgehead atoms. The van der Waals surface area contributed by atoms with E-state index >= 15 is 0 Å². The predicted molar refractivity (Wildman–Crippen MR) is 128 cm³/mol. The zero-order chi connectivity index (χ0) is 23.8. The Kier molecular flexibility index (Phi) is 7.93. The topological polar surface area (TPSA) is 106 Å². The van der Waals surface area contributed by atoms with Crippen molar-refractivity contribution in [2.45, 2.75) is 6.92 Å². The molecule has 2 amide bonds.